The summed E-state index contributed by atoms with van der Waals surface area (Å²) in [6.45, 7) is 4.80. The van der Waals surface area contributed by atoms with E-state index in [1.807, 2.05) is 13.0 Å². The molecule has 7 heteroatoms. The molecule has 1 aromatic carbocycles. The molecule has 0 atom stereocenters. The van der Waals surface area contributed by atoms with Crippen LogP contribution in [0.3, 0.4) is 0 Å². The van der Waals surface area contributed by atoms with Crippen molar-refractivity contribution in [1.29, 1.82) is 0 Å². The highest BCUT2D eigenvalue weighted by molar-refractivity contribution is 5.94. The van der Waals surface area contributed by atoms with Gasteiger partial charge in [0, 0.05) is 37.9 Å². The molecule has 6 nitrogen and oxygen atoms in total. The number of aromatic nitrogens is 2. The summed E-state index contributed by atoms with van der Waals surface area (Å²) in [5.41, 5.74) is 0.949. The maximum Gasteiger partial charge on any atom is 0.254 e. The van der Waals surface area contributed by atoms with Crippen LogP contribution in [0.4, 0.5) is 16.2 Å². The van der Waals surface area contributed by atoms with Crippen molar-refractivity contribution in [3.05, 3.63) is 47.4 Å². The van der Waals surface area contributed by atoms with Crippen molar-refractivity contribution in [3.8, 4) is 0 Å². The highest BCUT2D eigenvalue weighted by Gasteiger charge is 2.14. The lowest BCUT2D eigenvalue weighted by atomic mass is 10.1. The minimum atomic E-state index is -0.522. The van der Waals surface area contributed by atoms with Crippen molar-refractivity contribution in [2.75, 3.05) is 36.4 Å². The molecule has 0 saturated carbocycles. The summed E-state index contributed by atoms with van der Waals surface area (Å²) >= 11 is 0. The molecule has 0 aliphatic carbocycles. The van der Waals surface area contributed by atoms with Crippen LogP contribution in [0.15, 0.2) is 30.3 Å². The lowest BCUT2D eigenvalue weighted by Gasteiger charge is -2.28. The summed E-state index contributed by atoms with van der Waals surface area (Å²) in [6, 6.07) is 7.93. The maximum absolute atomic E-state index is 13.6. The SMILES string of the molecule is Cc1cc(N2CCCCC2)nc(NCCNC(=O)c2ccccc2F)n1. The number of carbonyl (C=O) groups is 1. The topological polar surface area (TPSA) is 70.2 Å². The van der Waals surface area contributed by atoms with E-state index < -0.39 is 11.7 Å². The van der Waals surface area contributed by atoms with Gasteiger partial charge in [-0.1, -0.05) is 12.1 Å². The van der Waals surface area contributed by atoms with E-state index in [1.165, 1.54) is 31.4 Å². The lowest BCUT2D eigenvalue weighted by Crippen LogP contribution is -2.31. The largest absolute Gasteiger partial charge is 0.356 e. The summed E-state index contributed by atoms with van der Waals surface area (Å²) in [4.78, 5) is 23.2. The Labute approximate surface area is 152 Å². The van der Waals surface area contributed by atoms with E-state index >= 15 is 0 Å². The second kappa shape index (κ2) is 8.60. The third kappa shape index (κ3) is 4.68. The second-order valence-electron chi connectivity index (χ2n) is 6.40. The smallest absolute Gasteiger partial charge is 0.254 e. The van der Waals surface area contributed by atoms with Crippen molar-refractivity contribution in [3.63, 3.8) is 0 Å². The highest BCUT2D eigenvalue weighted by atomic mass is 19.1. The third-order valence-electron chi connectivity index (χ3n) is 4.33. The number of halogens is 1. The molecular formula is C19H24FN5O. The van der Waals surface area contributed by atoms with E-state index in [0.29, 0.717) is 19.0 Å². The van der Waals surface area contributed by atoms with Gasteiger partial charge in [-0.3, -0.25) is 4.79 Å². The van der Waals surface area contributed by atoms with Gasteiger partial charge in [-0.15, -0.1) is 0 Å². The van der Waals surface area contributed by atoms with Gasteiger partial charge in [-0.2, -0.15) is 4.98 Å². The van der Waals surface area contributed by atoms with E-state index in [0.717, 1.165) is 24.6 Å². The molecule has 1 amide bonds. The Balaban J connectivity index is 1.52. The van der Waals surface area contributed by atoms with Gasteiger partial charge in [0.25, 0.3) is 5.91 Å². The number of piperidine rings is 1. The van der Waals surface area contributed by atoms with Crippen molar-refractivity contribution in [2.45, 2.75) is 26.2 Å². The number of nitrogens with zero attached hydrogens (tertiary/aromatic N) is 3. The Morgan fingerprint density at radius 3 is 2.69 bits per heavy atom. The second-order valence-corrected chi connectivity index (χ2v) is 6.40. The zero-order chi connectivity index (χ0) is 18.4. The Kier molecular flexibility index (Phi) is 5.99. The molecule has 2 heterocycles. The maximum atomic E-state index is 13.6. The van der Waals surface area contributed by atoms with Gasteiger partial charge < -0.3 is 15.5 Å². The van der Waals surface area contributed by atoms with E-state index in [-0.39, 0.29) is 5.56 Å². The molecule has 2 aromatic rings. The predicted octanol–water partition coefficient (Wildman–Crippen LogP) is 2.76. The van der Waals surface area contributed by atoms with Crippen LogP contribution in [0.2, 0.25) is 0 Å². The number of nitrogens with one attached hydrogen (secondary N) is 2. The van der Waals surface area contributed by atoms with Crippen LogP contribution in [-0.2, 0) is 0 Å². The zero-order valence-corrected chi connectivity index (χ0v) is 15.0. The Hall–Kier alpha value is -2.70. The molecule has 1 saturated heterocycles. The molecule has 3 rings (SSSR count). The molecule has 26 heavy (non-hydrogen) atoms. The molecule has 2 N–H and O–H groups in total. The van der Waals surface area contributed by atoms with E-state index in [9.17, 15) is 9.18 Å². The van der Waals surface area contributed by atoms with Gasteiger partial charge >= 0.3 is 0 Å². The standard InChI is InChI=1S/C19H24FN5O/c1-14-13-17(25-11-5-2-6-12-25)24-19(23-14)22-10-9-21-18(26)15-7-3-4-8-16(15)20/h3-4,7-8,13H,2,5-6,9-12H2,1H3,(H,21,26)(H,22,23,24). The molecule has 1 fully saturated rings. The molecular weight excluding hydrogens is 333 g/mol. The van der Waals surface area contributed by atoms with Crippen LogP contribution in [0, 0.1) is 12.7 Å². The number of aryl methyl sites for hydroxylation is 1. The monoisotopic (exact) mass is 357 g/mol. The molecule has 1 aromatic heterocycles. The van der Waals surface area contributed by atoms with Crippen LogP contribution in [0.1, 0.15) is 35.3 Å². The summed E-state index contributed by atoms with van der Waals surface area (Å²) in [6.07, 6.45) is 3.65. The fourth-order valence-corrected chi connectivity index (χ4v) is 3.01. The van der Waals surface area contributed by atoms with E-state index in [4.69, 9.17) is 0 Å². The first-order chi connectivity index (χ1) is 12.6. The Bertz CT molecular complexity index is 761. The quantitative estimate of drug-likeness (QED) is 0.778. The summed E-state index contributed by atoms with van der Waals surface area (Å²) in [5.74, 6) is 0.538. The Morgan fingerprint density at radius 1 is 1.15 bits per heavy atom. The van der Waals surface area contributed by atoms with Crippen molar-refractivity contribution >= 4 is 17.7 Å². The third-order valence-corrected chi connectivity index (χ3v) is 4.33. The summed E-state index contributed by atoms with van der Waals surface area (Å²) < 4.78 is 13.6. The highest BCUT2D eigenvalue weighted by Crippen LogP contribution is 2.19. The number of anilines is 2. The van der Waals surface area contributed by atoms with Gasteiger partial charge in [0.05, 0.1) is 5.56 Å². The molecule has 0 spiro atoms. The van der Waals surface area contributed by atoms with Crippen molar-refractivity contribution < 1.29 is 9.18 Å². The predicted molar refractivity (Wildman–Crippen MR) is 100 cm³/mol. The van der Waals surface area contributed by atoms with Gasteiger partial charge in [0.15, 0.2) is 0 Å². The molecule has 0 radical (unpaired) electrons. The molecule has 1 aliphatic heterocycles. The van der Waals surface area contributed by atoms with E-state index in [1.54, 1.807) is 12.1 Å². The minimum Gasteiger partial charge on any atom is -0.356 e. The van der Waals surface area contributed by atoms with Gasteiger partial charge in [0.2, 0.25) is 5.95 Å². The summed E-state index contributed by atoms with van der Waals surface area (Å²) in [5, 5.41) is 5.82. The number of benzene rings is 1. The number of amides is 1. The Morgan fingerprint density at radius 2 is 1.92 bits per heavy atom. The van der Waals surface area contributed by atoms with Crippen molar-refractivity contribution in [2.24, 2.45) is 0 Å². The minimum absolute atomic E-state index is 0.0479. The first kappa shape index (κ1) is 18.1. The fourth-order valence-electron chi connectivity index (χ4n) is 3.01. The molecule has 138 valence electrons. The van der Waals surface area contributed by atoms with Gasteiger partial charge in [0.1, 0.15) is 11.6 Å². The molecule has 0 bridgehead atoms. The number of hydrogen-bond acceptors (Lipinski definition) is 5. The lowest BCUT2D eigenvalue weighted by molar-refractivity contribution is 0.0951. The fraction of sp³-hybridized carbons (Fsp3) is 0.421. The number of carbonyl (C=O) groups excluding carboxylic acids is 1. The molecule has 0 unspecified atom stereocenters. The molecule has 1 aliphatic rings. The summed E-state index contributed by atoms with van der Waals surface area (Å²) in [7, 11) is 0. The van der Waals surface area contributed by atoms with Gasteiger partial charge in [-0.25, -0.2) is 9.37 Å². The van der Waals surface area contributed by atoms with Crippen LogP contribution in [0.25, 0.3) is 0 Å². The van der Waals surface area contributed by atoms with Crippen LogP contribution in [0.5, 0.6) is 0 Å². The number of rotatable bonds is 6. The van der Waals surface area contributed by atoms with Crippen LogP contribution >= 0.6 is 0 Å². The first-order valence-corrected chi connectivity index (χ1v) is 9.01. The average Bonchev–Trinajstić information content (AvgIpc) is 2.66. The first-order valence-electron chi connectivity index (χ1n) is 9.01. The zero-order valence-electron chi connectivity index (χ0n) is 15.0. The normalized spacial score (nSPS) is 14.2. The van der Waals surface area contributed by atoms with Crippen molar-refractivity contribution in [1.82, 2.24) is 15.3 Å². The number of hydrogen-bond donors (Lipinski definition) is 2. The van der Waals surface area contributed by atoms with Gasteiger partial charge in [-0.05, 0) is 38.3 Å². The van der Waals surface area contributed by atoms with E-state index in [2.05, 4.69) is 25.5 Å². The van der Waals surface area contributed by atoms with Crippen LogP contribution in [-0.4, -0.2) is 42.1 Å². The van der Waals surface area contributed by atoms with Crippen LogP contribution < -0.4 is 15.5 Å². The average molecular weight is 357 g/mol.